The van der Waals surface area contributed by atoms with Crippen molar-refractivity contribution in [2.45, 2.75) is 17.8 Å². The fraction of sp³-hybridized carbons (Fsp3) is 0.188. The van der Waals surface area contributed by atoms with Crippen LogP contribution in [0.4, 0.5) is 0 Å². The van der Waals surface area contributed by atoms with E-state index in [0.717, 1.165) is 12.0 Å². The van der Waals surface area contributed by atoms with E-state index in [4.69, 9.17) is 5.73 Å². The molecule has 0 radical (unpaired) electrons. The van der Waals surface area contributed by atoms with Gasteiger partial charge in [-0.1, -0.05) is 60.7 Å². The number of nitrogens with two attached hydrogens (primary N) is 1. The average Bonchev–Trinajstić information content (AvgIpc) is 3.18. The van der Waals surface area contributed by atoms with Crippen molar-refractivity contribution in [3.8, 4) is 0 Å². The number of amides is 1. The van der Waals surface area contributed by atoms with Crippen LogP contribution in [0.2, 0.25) is 0 Å². The normalized spacial score (nSPS) is 25.7. The van der Waals surface area contributed by atoms with E-state index in [1.165, 1.54) is 5.56 Å². The van der Waals surface area contributed by atoms with Gasteiger partial charge in [0.1, 0.15) is 0 Å². The second-order valence-electron chi connectivity index (χ2n) is 4.87. The molecule has 1 saturated carbocycles. The van der Waals surface area contributed by atoms with Crippen molar-refractivity contribution < 1.29 is 4.79 Å². The maximum Gasteiger partial charge on any atom is 0.228 e. The predicted molar refractivity (Wildman–Crippen MR) is 71.1 cm³/mol. The highest BCUT2D eigenvalue weighted by atomic mass is 16.1. The van der Waals surface area contributed by atoms with Gasteiger partial charge in [-0.2, -0.15) is 0 Å². The second kappa shape index (κ2) is 3.98. The summed E-state index contributed by atoms with van der Waals surface area (Å²) in [5.41, 5.74) is 7.38. The molecular formula is C16H15NO. The molecule has 90 valence electrons. The molecule has 2 aromatic carbocycles. The molecule has 0 aliphatic heterocycles. The molecule has 2 N–H and O–H groups in total. The number of carbonyl (C=O) groups is 1. The monoisotopic (exact) mass is 237 g/mol. The predicted octanol–water partition coefficient (Wildman–Crippen LogP) is 2.60. The van der Waals surface area contributed by atoms with Crippen LogP contribution in [0.3, 0.4) is 0 Å². The minimum Gasteiger partial charge on any atom is -0.369 e. The van der Waals surface area contributed by atoms with Crippen LogP contribution in [0, 0.1) is 0 Å². The molecule has 0 aromatic heterocycles. The Balaban J connectivity index is 2.01. The van der Waals surface area contributed by atoms with Gasteiger partial charge in [0.2, 0.25) is 5.91 Å². The molecule has 1 aliphatic carbocycles. The van der Waals surface area contributed by atoms with Gasteiger partial charge in [0.05, 0.1) is 5.41 Å². The molecule has 1 aliphatic rings. The lowest BCUT2D eigenvalue weighted by Gasteiger charge is -2.14. The van der Waals surface area contributed by atoms with E-state index in [2.05, 4.69) is 12.1 Å². The van der Waals surface area contributed by atoms with Crippen LogP contribution < -0.4 is 5.73 Å². The maximum atomic E-state index is 11.9. The van der Waals surface area contributed by atoms with Gasteiger partial charge in [0.15, 0.2) is 0 Å². The number of primary amides is 1. The first kappa shape index (κ1) is 11.0. The van der Waals surface area contributed by atoms with Gasteiger partial charge in [-0.25, -0.2) is 0 Å². The van der Waals surface area contributed by atoms with E-state index in [-0.39, 0.29) is 11.8 Å². The van der Waals surface area contributed by atoms with E-state index < -0.39 is 5.41 Å². The van der Waals surface area contributed by atoms with Gasteiger partial charge < -0.3 is 5.73 Å². The lowest BCUT2D eigenvalue weighted by Crippen LogP contribution is -2.30. The number of benzene rings is 2. The first-order valence-electron chi connectivity index (χ1n) is 6.15. The molecule has 3 rings (SSSR count). The largest absolute Gasteiger partial charge is 0.369 e. The van der Waals surface area contributed by atoms with E-state index in [1.807, 2.05) is 48.5 Å². The fourth-order valence-electron chi connectivity index (χ4n) is 2.82. The number of carbonyl (C=O) groups excluding carboxylic acids is 1. The Labute approximate surface area is 106 Å². The zero-order valence-corrected chi connectivity index (χ0v) is 10.0. The van der Waals surface area contributed by atoms with Crippen LogP contribution in [0.15, 0.2) is 60.7 Å². The minimum absolute atomic E-state index is 0.220. The van der Waals surface area contributed by atoms with Gasteiger partial charge in [0.25, 0.3) is 0 Å². The zero-order valence-electron chi connectivity index (χ0n) is 10.0. The van der Waals surface area contributed by atoms with E-state index in [9.17, 15) is 4.79 Å². The third kappa shape index (κ3) is 1.53. The molecule has 2 heteroatoms. The zero-order chi connectivity index (χ0) is 12.6. The molecule has 0 saturated heterocycles. The summed E-state index contributed by atoms with van der Waals surface area (Å²) in [6.07, 6.45) is 0.816. The number of hydrogen-bond acceptors (Lipinski definition) is 1. The Kier molecular flexibility index (Phi) is 2.44. The highest BCUT2D eigenvalue weighted by Gasteiger charge is 2.60. The molecule has 1 amide bonds. The average molecular weight is 237 g/mol. The lowest BCUT2D eigenvalue weighted by molar-refractivity contribution is -0.120. The quantitative estimate of drug-likeness (QED) is 0.876. The standard InChI is InChI=1S/C16H15NO/c17-15(18)16(13-9-5-2-6-10-13)11-14(16)12-7-3-1-4-8-12/h1-10,14H,11H2,(H2,17,18). The summed E-state index contributed by atoms with van der Waals surface area (Å²) < 4.78 is 0. The van der Waals surface area contributed by atoms with Crippen molar-refractivity contribution in [1.29, 1.82) is 0 Å². The summed E-state index contributed by atoms with van der Waals surface area (Å²) in [6.45, 7) is 0. The Morgan fingerprint density at radius 1 is 1.00 bits per heavy atom. The van der Waals surface area contributed by atoms with Crippen LogP contribution in [0.5, 0.6) is 0 Å². The van der Waals surface area contributed by atoms with Crippen LogP contribution >= 0.6 is 0 Å². The van der Waals surface area contributed by atoms with E-state index in [0.29, 0.717) is 0 Å². The molecule has 2 nitrogen and oxygen atoms in total. The molecule has 18 heavy (non-hydrogen) atoms. The molecule has 0 spiro atoms. The van der Waals surface area contributed by atoms with Crippen LogP contribution in [0.1, 0.15) is 23.5 Å². The molecule has 2 unspecified atom stereocenters. The summed E-state index contributed by atoms with van der Waals surface area (Å²) in [6, 6.07) is 20.0. The van der Waals surface area contributed by atoms with Gasteiger partial charge in [0, 0.05) is 5.92 Å². The van der Waals surface area contributed by atoms with Crippen molar-refractivity contribution in [2.24, 2.45) is 5.73 Å². The van der Waals surface area contributed by atoms with Gasteiger partial charge in [-0.05, 0) is 17.5 Å². The molecule has 1 fully saturated rings. The first-order valence-corrected chi connectivity index (χ1v) is 6.15. The van der Waals surface area contributed by atoms with E-state index in [1.54, 1.807) is 0 Å². The maximum absolute atomic E-state index is 11.9. The molecule has 2 aromatic rings. The summed E-state index contributed by atoms with van der Waals surface area (Å²) >= 11 is 0. The smallest absolute Gasteiger partial charge is 0.228 e. The van der Waals surface area contributed by atoms with Crippen LogP contribution in [-0.4, -0.2) is 5.91 Å². The topological polar surface area (TPSA) is 43.1 Å². The fourth-order valence-corrected chi connectivity index (χ4v) is 2.82. The summed E-state index contributed by atoms with van der Waals surface area (Å²) in [5, 5.41) is 0. The first-order chi connectivity index (χ1) is 8.75. The van der Waals surface area contributed by atoms with Crippen LogP contribution in [-0.2, 0) is 10.2 Å². The van der Waals surface area contributed by atoms with Crippen molar-refractivity contribution >= 4 is 5.91 Å². The Hall–Kier alpha value is -2.09. The summed E-state index contributed by atoms with van der Waals surface area (Å²) in [7, 11) is 0. The van der Waals surface area contributed by atoms with E-state index >= 15 is 0 Å². The Bertz CT molecular complexity index is 564. The molecule has 0 heterocycles. The van der Waals surface area contributed by atoms with Gasteiger partial charge in [-0.3, -0.25) is 4.79 Å². The van der Waals surface area contributed by atoms with Crippen LogP contribution in [0.25, 0.3) is 0 Å². The second-order valence-corrected chi connectivity index (χ2v) is 4.87. The molecule has 0 bridgehead atoms. The third-order valence-corrected chi connectivity index (χ3v) is 3.89. The van der Waals surface area contributed by atoms with Crippen molar-refractivity contribution in [3.05, 3.63) is 71.8 Å². The number of rotatable bonds is 3. The summed E-state index contributed by atoms with van der Waals surface area (Å²) in [5.74, 6) is 0.00107. The van der Waals surface area contributed by atoms with Crippen molar-refractivity contribution in [1.82, 2.24) is 0 Å². The van der Waals surface area contributed by atoms with Crippen molar-refractivity contribution in [3.63, 3.8) is 0 Å². The minimum atomic E-state index is -0.497. The highest BCUT2D eigenvalue weighted by molar-refractivity contribution is 5.92. The molecule has 2 atom stereocenters. The van der Waals surface area contributed by atoms with Gasteiger partial charge >= 0.3 is 0 Å². The Morgan fingerprint density at radius 2 is 1.56 bits per heavy atom. The van der Waals surface area contributed by atoms with Crippen molar-refractivity contribution in [2.75, 3.05) is 0 Å². The Morgan fingerprint density at radius 3 is 2.11 bits per heavy atom. The molecular weight excluding hydrogens is 222 g/mol. The SMILES string of the molecule is NC(=O)C1(c2ccccc2)CC1c1ccccc1. The third-order valence-electron chi connectivity index (χ3n) is 3.89. The summed E-state index contributed by atoms with van der Waals surface area (Å²) in [4.78, 5) is 11.9. The highest BCUT2D eigenvalue weighted by Crippen LogP contribution is 2.60. The lowest BCUT2D eigenvalue weighted by atomic mass is 9.90. The van der Waals surface area contributed by atoms with Gasteiger partial charge in [-0.15, -0.1) is 0 Å². The number of hydrogen-bond donors (Lipinski definition) is 1.